The molecule has 2 atom stereocenters. The molecule has 10 nitrogen and oxygen atoms in total. The van der Waals surface area contributed by atoms with E-state index in [0.29, 0.717) is 16.3 Å². The predicted molar refractivity (Wildman–Crippen MR) is 91.6 cm³/mol. The van der Waals surface area contributed by atoms with E-state index in [1.165, 1.54) is 4.90 Å². The van der Waals surface area contributed by atoms with E-state index in [-0.39, 0.29) is 13.2 Å². The van der Waals surface area contributed by atoms with Gasteiger partial charge in [-0.2, -0.15) is 13.5 Å². The van der Waals surface area contributed by atoms with Gasteiger partial charge in [-0.05, 0) is 13.0 Å². The van der Waals surface area contributed by atoms with Gasteiger partial charge >= 0.3 is 22.4 Å². The van der Waals surface area contributed by atoms with Gasteiger partial charge in [-0.3, -0.25) is 4.55 Å². The van der Waals surface area contributed by atoms with Crippen LogP contribution in [0.5, 0.6) is 0 Å². The molecule has 2 aromatic rings. The summed E-state index contributed by atoms with van der Waals surface area (Å²) in [6.45, 7) is 1.81. The number of urea groups is 1. The number of benzene rings is 1. The molecule has 1 aromatic heterocycles. The summed E-state index contributed by atoms with van der Waals surface area (Å²) in [7, 11) is -3.16. The molecule has 1 aromatic carbocycles. The molecule has 0 spiro atoms. The maximum Gasteiger partial charge on any atom is 0.418 e. The van der Waals surface area contributed by atoms with Gasteiger partial charge in [-0.25, -0.2) is 9.59 Å². The number of aryl methyl sites for hydroxylation is 1. The van der Waals surface area contributed by atoms with E-state index >= 15 is 0 Å². The highest BCUT2D eigenvalue weighted by Gasteiger charge is 2.54. The number of fused-ring (bicyclic) bond motifs is 6. The fraction of sp³-hybridized carbons (Fsp3) is 0.375. The largest absolute Gasteiger partial charge is 0.464 e. The first-order valence-electron chi connectivity index (χ1n) is 8.25. The van der Waals surface area contributed by atoms with Crippen LogP contribution in [0.15, 0.2) is 24.3 Å². The van der Waals surface area contributed by atoms with Crippen LogP contribution in [0.4, 0.5) is 4.79 Å². The normalized spacial score (nSPS) is 21.7. The number of hydrogen-bond donors (Lipinski definition) is 1. The molecule has 0 radical (unpaired) electrons. The molecule has 27 heavy (non-hydrogen) atoms. The number of aromatic nitrogens is 1. The second-order valence-corrected chi connectivity index (χ2v) is 7.31. The van der Waals surface area contributed by atoms with Crippen molar-refractivity contribution in [3.05, 3.63) is 35.5 Å². The first kappa shape index (κ1) is 17.8. The number of carbonyl (C=O) groups excluding carboxylic acids is 2. The molecular weight excluding hydrogens is 378 g/mol. The molecule has 0 saturated carbocycles. The minimum Gasteiger partial charge on any atom is -0.464 e. The highest BCUT2D eigenvalue weighted by molar-refractivity contribution is 7.80. The number of hydrogen-bond acceptors (Lipinski definition) is 6. The zero-order valence-corrected chi connectivity index (χ0v) is 15.3. The van der Waals surface area contributed by atoms with Crippen molar-refractivity contribution in [2.75, 3.05) is 13.2 Å². The summed E-state index contributed by atoms with van der Waals surface area (Å²) in [6, 6.07) is 4.64. The van der Waals surface area contributed by atoms with E-state index in [1.807, 2.05) is 24.3 Å². The third-order valence-electron chi connectivity index (χ3n) is 4.86. The van der Waals surface area contributed by atoms with Gasteiger partial charge < -0.3 is 14.2 Å². The summed E-state index contributed by atoms with van der Waals surface area (Å²) in [4.78, 5) is 26.6. The Morgan fingerprint density at radius 3 is 2.70 bits per heavy atom. The minimum atomic E-state index is -4.92. The lowest BCUT2D eigenvalue weighted by molar-refractivity contribution is -0.148. The van der Waals surface area contributed by atoms with Crippen molar-refractivity contribution in [1.29, 1.82) is 0 Å². The van der Waals surface area contributed by atoms with E-state index in [9.17, 15) is 18.0 Å². The van der Waals surface area contributed by atoms with Crippen molar-refractivity contribution in [3.8, 4) is 0 Å². The number of nitrogens with zero attached hydrogens (tertiary/aromatic N) is 3. The lowest BCUT2D eigenvalue weighted by atomic mass is 9.95. The van der Waals surface area contributed by atoms with Gasteiger partial charge in [-0.1, -0.05) is 18.2 Å². The van der Waals surface area contributed by atoms with Gasteiger partial charge in [0.05, 0.1) is 18.8 Å². The Hall–Kier alpha value is -2.63. The topological polar surface area (TPSA) is 118 Å². The number of carbonyl (C=O) groups is 2. The highest BCUT2D eigenvalue weighted by Crippen LogP contribution is 2.48. The fourth-order valence-corrected chi connectivity index (χ4v) is 4.32. The molecule has 1 N–H and O–H groups in total. The summed E-state index contributed by atoms with van der Waals surface area (Å²) in [6.07, 6.45) is 0. The Kier molecular flexibility index (Phi) is 3.91. The quantitative estimate of drug-likeness (QED) is 0.612. The molecule has 11 heteroatoms. The van der Waals surface area contributed by atoms with Crippen molar-refractivity contribution in [1.82, 2.24) is 14.5 Å². The lowest BCUT2D eigenvalue weighted by Gasteiger charge is -2.30. The van der Waals surface area contributed by atoms with Gasteiger partial charge in [0.2, 0.25) is 0 Å². The predicted octanol–water partition coefficient (Wildman–Crippen LogP) is 1.31. The van der Waals surface area contributed by atoms with E-state index in [4.69, 9.17) is 9.29 Å². The smallest absolute Gasteiger partial charge is 0.418 e. The van der Waals surface area contributed by atoms with Crippen LogP contribution in [0.25, 0.3) is 10.9 Å². The van der Waals surface area contributed by atoms with Crippen LogP contribution in [-0.4, -0.2) is 52.7 Å². The second-order valence-electron chi connectivity index (χ2n) is 6.31. The number of hydroxylamine groups is 2. The summed E-state index contributed by atoms with van der Waals surface area (Å²) < 4.78 is 43.0. The van der Waals surface area contributed by atoms with E-state index in [2.05, 4.69) is 4.28 Å². The van der Waals surface area contributed by atoms with Crippen molar-refractivity contribution in [2.45, 2.75) is 19.0 Å². The maximum absolute atomic E-state index is 12.7. The molecule has 2 unspecified atom stereocenters. The van der Waals surface area contributed by atoms with Crippen LogP contribution >= 0.6 is 0 Å². The Labute approximate surface area is 154 Å². The third kappa shape index (κ3) is 2.58. The first-order chi connectivity index (χ1) is 12.7. The fourth-order valence-electron chi connectivity index (χ4n) is 3.95. The van der Waals surface area contributed by atoms with Crippen molar-refractivity contribution >= 4 is 33.3 Å². The van der Waals surface area contributed by atoms with Gasteiger partial charge in [0, 0.05) is 23.5 Å². The summed E-state index contributed by atoms with van der Waals surface area (Å²) in [5.74, 6) is -0.615. The lowest BCUT2D eigenvalue weighted by Crippen LogP contribution is -2.39. The standard InChI is InChI=1S/C16H17N3O7S/c1-3-25-15(20)14-12-9-6-4-5-7-10(9)17(2)13(12)11-8-18(14)16(21)19(11)26-27(22,23)24/h4-7,11,14H,3,8H2,1-2H3,(H,22,23,24). The van der Waals surface area contributed by atoms with Crippen LogP contribution < -0.4 is 0 Å². The summed E-state index contributed by atoms with van der Waals surface area (Å²) >= 11 is 0. The summed E-state index contributed by atoms with van der Waals surface area (Å²) in [5, 5.41) is 1.34. The zero-order valence-electron chi connectivity index (χ0n) is 14.5. The number of amides is 2. The first-order valence-corrected chi connectivity index (χ1v) is 9.61. The van der Waals surface area contributed by atoms with E-state index in [1.54, 1.807) is 18.5 Å². The van der Waals surface area contributed by atoms with E-state index < -0.39 is 34.5 Å². The molecule has 4 rings (SSSR count). The zero-order chi connectivity index (χ0) is 19.5. The van der Waals surface area contributed by atoms with Crippen LogP contribution in [0.2, 0.25) is 0 Å². The summed E-state index contributed by atoms with van der Waals surface area (Å²) in [5.41, 5.74) is 1.93. The van der Waals surface area contributed by atoms with Crippen molar-refractivity contribution in [3.63, 3.8) is 0 Å². The van der Waals surface area contributed by atoms with Gasteiger partial charge in [0.15, 0.2) is 6.04 Å². The number of esters is 1. The molecule has 144 valence electrons. The van der Waals surface area contributed by atoms with Crippen LogP contribution in [0.3, 0.4) is 0 Å². The van der Waals surface area contributed by atoms with Crippen LogP contribution in [0.1, 0.15) is 30.3 Å². The maximum atomic E-state index is 12.7. The Morgan fingerprint density at radius 2 is 2.04 bits per heavy atom. The van der Waals surface area contributed by atoms with Gasteiger partial charge in [-0.15, -0.1) is 4.28 Å². The molecule has 2 aliphatic rings. The monoisotopic (exact) mass is 395 g/mol. The molecule has 0 aliphatic carbocycles. The highest BCUT2D eigenvalue weighted by atomic mass is 32.3. The molecule has 1 fully saturated rings. The van der Waals surface area contributed by atoms with Crippen LogP contribution in [-0.2, 0) is 31.3 Å². The van der Waals surface area contributed by atoms with Crippen LogP contribution in [0, 0.1) is 0 Å². The molecular formula is C16H17N3O7S. The van der Waals surface area contributed by atoms with Crippen molar-refractivity contribution in [2.24, 2.45) is 7.05 Å². The number of para-hydroxylation sites is 1. The van der Waals surface area contributed by atoms with Crippen molar-refractivity contribution < 1.29 is 31.6 Å². The second kappa shape index (κ2) is 5.94. The molecule has 2 bridgehead atoms. The Balaban J connectivity index is 1.96. The Morgan fingerprint density at radius 1 is 1.33 bits per heavy atom. The average molecular weight is 395 g/mol. The third-order valence-corrected chi connectivity index (χ3v) is 5.21. The van der Waals surface area contributed by atoms with Gasteiger partial charge in [0.25, 0.3) is 0 Å². The number of rotatable bonds is 4. The minimum absolute atomic E-state index is 0.0228. The SMILES string of the molecule is CCOC(=O)C1c2c(n(C)c3ccccc23)C2CN1C(=O)N2OS(=O)(=O)O. The molecule has 1 saturated heterocycles. The number of ether oxygens (including phenoxy) is 1. The Bertz CT molecular complexity index is 1060. The molecule has 2 amide bonds. The molecule has 3 heterocycles. The van der Waals surface area contributed by atoms with Gasteiger partial charge in [0.1, 0.15) is 6.04 Å². The molecule has 2 aliphatic heterocycles. The average Bonchev–Trinajstić information content (AvgIpc) is 3.03. The van der Waals surface area contributed by atoms with E-state index in [0.717, 1.165) is 10.9 Å².